The van der Waals surface area contributed by atoms with Crippen molar-refractivity contribution in [3.8, 4) is 0 Å². The van der Waals surface area contributed by atoms with E-state index in [0.29, 0.717) is 26.3 Å². The molecule has 2 saturated heterocycles. The Kier molecular flexibility index (Phi) is 5.81. The van der Waals surface area contributed by atoms with Crippen LogP contribution in [0.5, 0.6) is 0 Å². The molecule has 7 nitrogen and oxygen atoms in total. The first-order chi connectivity index (χ1) is 12.3. The van der Waals surface area contributed by atoms with Crippen molar-refractivity contribution in [1.29, 1.82) is 0 Å². The van der Waals surface area contributed by atoms with Crippen LogP contribution < -0.4 is 5.56 Å². The number of β-amino-alcohol motifs (C(OH)–C–C–N with tert-alkyl or cyclic N) is 1. The zero-order chi connectivity index (χ0) is 18.8. The zero-order valence-electron chi connectivity index (χ0n) is 16.1. The highest BCUT2D eigenvalue weighted by molar-refractivity contribution is 5.10. The standard InChI is InChI=1S/C19H31N3O4/c1-18(2,3)16-6-7-17(23)22(20-16)11-15-5-4-8-21(15)12-19(24)13-25-9-10-26-14-19/h6-7,15,24H,4-5,8-14H2,1-3H3. The molecular formula is C19H31N3O4. The van der Waals surface area contributed by atoms with E-state index in [-0.39, 0.29) is 30.2 Å². The highest BCUT2D eigenvalue weighted by Crippen LogP contribution is 2.23. The maximum absolute atomic E-state index is 12.3. The molecule has 26 heavy (non-hydrogen) atoms. The van der Waals surface area contributed by atoms with Crippen LogP contribution in [0.25, 0.3) is 0 Å². The Bertz CT molecular complexity index is 659. The van der Waals surface area contributed by atoms with E-state index in [1.165, 1.54) is 0 Å². The van der Waals surface area contributed by atoms with Crippen molar-refractivity contribution in [3.05, 3.63) is 28.2 Å². The minimum absolute atomic E-state index is 0.0790. The molecule has 1 N–H and O–H groups in total. The molecule has 1 unspecified atom stereocenters. The summed E-state index contributed by atoms with van der Waals surface area (Å²) < 4.78 is 12.5. The van der Waals surface area contributed by atoms with Crippen LogP contribution in [-0.2, 0) is 21.4 Å². The topological polar surface area (TPSA) is 76.8 Å². The lowest BCUT2D eigenvalue weighted by atomic mass is 9.92. The molecule has 2 aliphatic rings. The van der Waals surface area contributed by atoms with Crippen molar-refractivity contribution < 1.29 is 14.6 Å². The molecule has 0 aliphatic carbocycles. The van der Waals surface area contributed by atoms with Gasteiger partial charge in [-0.2, -0.15) is 5.10 Å². The monoisotopic (exact) mass is 365 g/mol. The van der Waals surface area contributed by atoms with Gasteiger partial charge in [0.1, 0.15) is 5.60 Å². The SMILES string of the molecule is CC(C)(C)c1ccc(=O)n(CC2CCCN2CC2(O)COCCOC2)n1. The van der Waals surface area contributed by atoms with E-state index in [2.05, 4.69) is 30.8 Å². The lowest BCUT2D eigenvalue weighted by Crippen LogP contribution is -2.51. The molecule has 3 rings (SSSR count). The number of aliphatic hydroxyl groups is 1. The lowest BCUT2D eigenvalue weighted by Gasteiger charge is -2.33. The van der Waals surface area contributed by atoms with E-state index in [0.717, 1.165) is 25.1 Å². The minimum Gasteiger partial charge on any atom is -0.384 e. The van der Waals surface area contributed by atoms with Crippen molar-refractivity contribution in [3.63, 3.8) is 0 Å². The summed E-state index contributed by atoms with van der Waals surface area (Å²) in [5.41, 5.74) is -0.268. The summed E-state index contributed by atoms with van der Waals surface area (Å²) >= 11 is 0. The molecule has 2 fully saturated rings. The second kappa shape index (κ2) is 7.76. The van der Waals surface area contributed by atoms with Crippen LogP contribution in [0.2, 0.25) is 0 Å². The van der Waals surface area contributed by atoms with Gasteiger partial charge in [0, 0.05) is 24.1 Å². The summed E-state index contributed by atoms with van der Waals surface area (Å²) in [4.78, 5) is 14.5. The van der Waals surface area contributed by atoms with Gasteiger partial charge < -0.3 is 14.6 Å². The van der Waals surface area contributed by atoms with E-state index in [9.17, 15) is 9.90 Å². The van der Waals surface area contributed by atoms with Gasteiger partial charge in [-0.25, -0.2) is 4.68 Å². The average Bonchev–Trinajstić information content (AvgIpc) is 2.86. The van der Waals surface area contributed by atoms with Crippen LogP contribution in [0.4, 0.5) is 0 Å². The van der Waals surface area contributed by atoms with Crippen LogP contribution in [0.3, 0.4) is 0 Å². The Morgan fingerprint density at radius 2 is 1.96 bits per heavy atom. The molecule has 146 valence electrons. The molecule has 1 aromatic heterocycles. The van der Waals surface area contributed by atoms with E-state index < -0.39 is 5.60 Å². The van der Waals surface area contributed by atoms with Crippen molar-refractivity contribution >= 4 is 0 Å². The highest BCUT2D eigenvalue weighted by Gasteiger charge is 2.36. The fourth-order valence-electron chi connectivity index (χ4n) is 3.64. The molecule has 7 heteroatoms. The predicted molar refractivity (Wildman–Crippen MR) is 98.4 cm³/mol. The Morgan fingerprint density at radius 3 is 2.62 bits per heavy atom. The number of hydrogen-bond donors (Lipinski definition) is 1. The molecule has 1 atom stereocenters. The van der Waals surface area contributed by atoms with Gasteiger partial charge in [0.2, 0.25) is 0 Å². The van der Waals surface area contributed by atoms with Crippen LogP contribution in [0, 0.1) is 0 Å². The molecule has 0 radical (unpaired) electrons. The Balaban J connectivity index is 1.72. The minimum atomic E-state index is -0.995. The van der Waals surface area contributed by atoms with E-state index in [1.807, 2.05) is 6.07 Å². The molecule has 0 bridgehead atoms. The van der Waals surface area contributed by atoms with Gasteiger partial charge in [-0.3, -0.25) is 9.69 Å². The molecule has 0 aromatic carbocycles. The first-order valence-electron chi connectivity index (χ1n) is 9.47. The van der Waals surface area contributed by atoms with Crippen molar-refractivity contribution in [2.75, 3.05) is 39.5 Å². The number of likely N-dealkylation sites (tertiary alicyclic amines) is 1. The fourth-order valence-corrected chi connectivity index (χ4v) is 3.64. The van der Waals surface area contributed by atoms with Crippen LogP contribution >= 0.6 is 0 Å². The van der Waals surface area contributed by atoms with Gasteiger partial charge in [-0.15, -0.1) is 0 Å². The Morgan fingerprint density at radius 1 is 1.27 bits per heavy atom. The fraction of sp³-hybridized carbons (Fsp3) is 0.789. The third kappa shape index (κ3) is 4.71. The number of hydrogen-bond acceptors (Lipinski definition) is 6. The van der Waals surface area contributed by atoms with E-state index >= 15 is 0 Å². The summed E-state index contributed by atoms with van der Waals surface area (Å²) in [6, 6.07) is 3.60. The first kappa shape index (κ1) is 19.5. The normalized spacial score (nSPS) is 24.5. The third-order valence-electron chi connectivity index (χ3n) is 5.13. The summed E-state index contributed by atoms with van der Waals surface area (Å²) in [5.74, 6) is 0. The first-order valence-corrected chi connectivity index (χ1v) is 9.47. The number of nitrogens with zero attached hydrogens (tertiary/aromatic N) is 3. The second-order valence-corrected chi connectivity index (χ2v) is 8.58. The smallest absolute Gasteiger partial charge is 0.266 e. The van der Waals surface area contributed by atoms with Gasteiger partial charge in [0.15, 0.2) is 0 Å². The van der Waals surface area contributed by atoms with Crippen LogP contribution in [-0.4, -0.2) is 70.9 Å². The maximum Gasteiger partial charge on any atom is 0.266 e. The summed E-state index contributed by atoms with van der Waals surface area (Å²) in [5, 5.41) is 15.4. The number of rotatable bonds is 4. The second-order valence-electron chi connectivity index (χ2n) is 8.58. The van der Waals surface area contributed by atoms with Crippen molar-refractivity contribution in [2.45, 2.75) is 57.2 Å². The lowest BCUT2D eigenvalue weighted by molar-refractivity contribution is -0.0768. The van der Waals surface area contributed by atoms with Gasteiger partial charge in [-0.05, 0) is 25.5 Å². The quantitative estimate of drug-likeness (QED) is 0.850. The molecule has 0 amide bonds. The maximum atomic E-state index is 12.3. The van der Waals surface area contributed by atoms with Crippen molar-refractivity contribution in [2.24, 2.45) is 0 Å². The number of ether oxygens (including phenoxy) is 2. The van der Waals surface area contributed by atoms with Crippen LogP contribution in [0.15, 0.2) is 16.9 Å². The van der Waals surface area contributed by atoms with Crippen LogP contribution in [0.1, 0.15) is 39.3 Å². The molecule has 0 saturated carbocycles. The Hall–Kier alpha value is -1.28. The highest BCUT2D eigenvalue weighted by atomic mass is 16.6. The van der Waals surface area contributed by atoms with Gasteiger partial charge >= 0.3 is 0 Å². The average molecular weight is 365 g/mol. The molecular weight excluding hydrogens is 334 g/mol. The van der Waals surface area contributed by atoms with E-state index in [4.69, 9.17) is 9.47 Å². The van der Waals surface area contributed by atoms with Crippen molar-refractivity contribution in [1.82, 2.24) is 14.7 Å². The largest absolute Gasteiger partial charge is 0.384 e. The van der Waals surface area contributed by atoms with Gasteiger partial charge in [-0.1, -0.05) is 20.8 Å². The summed E-state index contributed by atoms with van der Waals surface area (Å²) in [6.45, 7) is 9.82. The van der Waals surface area contributed by atoms with E-state index in [1.54, 1.807) is 10.7 Å². The van der Waals surface area contributed by atoms with Gasteiger partial charge in [0.05, 0.1) is 38.7 Å². The Labute approximate surface area is 154 Å². The van der Waals surface area contributed by atoms with Gasteiger partial charge in [0.25, 0.3) is 5.56 Å². The third-order valence-corrected chi connectivity index (χ3v) is 5.13. The summed E-state index contributed by atoms with van der Waals surface area (Å²) in [6.07, 6.45) is 2.04. The predicted octanol–water partition coefficient (Wildman–Crippen LogP) is 0.783. The molecule has 3 heterocycles. The number of aromatic nitrogens is 2. The molecule has 0 spiro atoms. The summed E-state index contributed by atoms with van der Waals surface area (Å²) in [7, 11) is 0. The molecule has 1 aromatic rings. The molecule has 2 aliphatic heterocycles. The zero-order valence-corrected chi connectivity index (χ0v) is 16.1.